The van der Waals surface area contributed by atoms with Crippen molar-refractivity contribution in [3.8, 4) is 11.6 Å². The smallest absolute Gasteiger partial charge is 0.404 e. The third kappa shape index (κ3) is 5.92. The van der Waals surface area contributed by atoms with E-state index in [9.17, 15) is 31.5 Å². The van der Waals surface area contributed by atoms with Crippen LogP contribution in [0.5, 0.6) is 11.6 Å². The zero-order chi connectivity index (χ0) is 21.9. The molecule has 0 N–H and O–H groups in total. The highest BCUT2D eigenvalue weighted by Gasteiger charge is 2.45. The van der Waals surface area contributed by atoms with Crippen molar-refractivity contribution in [2.45, 2.75) is 50.4 Å². The Morgan fingerprint density at radius 3 is 2.63 bits per heavy atom. The SMILES string of the molecule is O=C(Oc1ccc(OC(F)(F)F)cn1)N1C[C@H](N2CCCCCC2=O)CC(F)(F)C1. The molecule has 166 valence electrons. The minimum atomic E-state index is -4.90. The van der Waals surface area contributed by atoms with Crippen LogP contribution in [0.3, 0.4) is 0 Å². The minimum Gasteiger partial charge on any atom is -0.404 e. The van der Waals surface area contributed by atoms with Gasteiger partial charge in [-0.1, -0.05) is 6.42 Å². The van der Waals surface area contributed by atoms with Gasteiger partial charge in [0.25, 0.3) is 5.92 Å². The van der Waals surface area contributed by atoms with Crippen molar-refractivity contribution >= 4 is 12.0 Å². The Bertz CT molecular complexity index is 772. The van der Waals surface area contributed by atoms with Gasteiger partial charge >= 0.3 is 12.5 Å². The fourth-order valence-corrected chi connectivity index (χ4v) is 3.58. The largest absolute Gasteiger partial charge is 0.573 e. The van der Waals surface area contributed by atoms with Gasteiger partial charge in [0.1, 0.15) is 5.75 Å². The van der Waals surface area contributed by atoms with Gasteiger partial charge in [-0.25, -0.2) is 18.6 Å². The number of halogens is 5. The highest BCUT2D eigenvalue weighted by atomic mass is 19.4. The van der Waals surface area contributed by atoms with E-state index >= 15 is 0 Å². The van der Waals surface area contributed by atoms with E-state index in [1.807, 2.05) is 0 Å². The fraction of sp³-hybridized carbons (Fsp3) is 0.611. The zero-order valence-corrected chi connectivity index (χ0v) is 15.8. The molecule has 1 aromatic rings. The number of piperidine rings is 1. The van der Waals surface area contributed by atoms with Gasteiger partial charge in [-0.2, -0.15) is 0 Å². The van der Waals surface area contributed by atoms with Crippen molar-refractivity contribution in [1.29, 1.82) is 0 Å². The molecule has 0 radical (unpaired) electrons. The number of carbonyl (C=O) groups is 2. The second-order valence-electron chi connectivity index (χ2n) is 7.24. The standard InChI is InChI=1S/C18H20F5N3O4/c19-17(20)8-12(26-7-3-1-2-4-15(26)27)10-25(11-17)16(28)29-14-6-5-13(9-24-14)30-18(21,22)23/h5-6,9,12H,1-4,7-8,10-11H2/t12-/m1/s1. The number of amides is 2. The van der Waals surface area contributed by atoms with E-state index in [1.165, 1.54) is 4.90 Å². The van der Waals surface area contributed by atoms with E-state index < -0.39 is 43.1 Å². The molecular weight excluding hydrogens is 417 g/mol. The Kier molecular flexibility index (Phi) is 6.32. The van der Waals surface area contributed by atoms with Gasteiger partial charge < -0.3 is 14.4 Å². The molecular formula is C18H20F5N3O4. The maximum absolute atomic E-state index is 14.3. The Morgan fingerprint density at radius 2 is 1.97 bits per heavy atom. The molecule has 12 heteroatoms. The van der Waals surface area contributed by atoms with Gasteiger partial charge in [-0.05, 0) is 18.9 Å². The normalized spacial score (nSPS) is 22.4. The molecule has 7 nitrogen and oxygen atoms in total. The van der Waals surface area contributed by atoms with Crippen molar-refractivity contribution in [3.05, 3.63) is 18.3 Å². The maximum atomic E-state index is 14.3. The number of alkyl halides is 5. The molecule has 2 aliphatic rings. The van der Waals surface area contributed by atoms with Gasteiger partial charge in [0.05, 0.1) is 18.8 Å². The van der Waals surface area contributed by atoms with Crippen molar-refractivity contribution in [2.75, 3.05) is 19.6 Å². The van der Waals surface area contributed by atoms with Crippen molar-refractivity contribution < 1.29 is 41.0 Å². The summed E-state index contributed by atoms with van der Waals surface area (Å²) in [5.41, 5.74) is 0. The summed E-state index contributed by atoms with van der Waals surface area (Å²) < 4.78 is 73.6. The lowest BCUT2D eigenvalue weighted by Crippen LogP contribution is -2.58. The fourth-order valence-electron chi connectivity index (χ4n) is 3.58. The zero-order valence-electron chi connectivity index (χ0n) is 15.8. The summed E-state index contributed by atoms with van der Waals surface area (Å²) in [6.45, 7) is -0.667. The monoisotopic (exact) mass is 437 g/mol. The molecule has 0 bridgehead atoms. The maximum Gasteiger partial charge on any atom is 0.573 e. The summed E-state index contributed by atoms with van der Waals surface area (Å²) in [4.78, 5) is 30.3. The van der Waals surface area contributed by atoms with Crippen LogP contribution in [-0.4, -0.2) is 64.7 Å². The first-order chi connectivity index (χ1) is 14.0. The molecule has 2 saturated heterocycles. The summed E-state index contributed by atoms with van der Waals surface area (Å²) in [6.07, 6.45) is -3.38. The highest BCUT2D eigenvalue weighted by Crippen LogP contribution is 2.31. The first-order valence-corrected chi connectivity index (χ1v) is 9.38. The van der Waals surface area contributed by atoms with Gasteiger partial charge in [-0.3, -0.25) is 9.69 Å². The number of carbonyl (C=O) groups excluding carboxylic acids is 2. The molecule has 0 aromatic carbocycles. The van der Waals surface area contributed by atoms with Crippen LogP contribution < -0.4 is 9.47 Å². The average Bonchev–Trinajstić information content (AvgIpc) is 2.85. The van der Waals surface area contributed by atoms with E-state index in [4.69, 9.17) is 4.74 Å². The van der Waals surface area contributed by atoms with E-state index in [0.717, 1.165) is 23.5 Å². The predicted octanol–water partition coefficient (Wildman–Crippen LogP) is 3.59. The summed E-state index contributed by atoms with van der Waals surface area (Å²) in [5.74, 6) is -4.42. The number of nitrogens with zero attached hydrogens (tertiary/aromatic N) is 3. The van der Waals surface area contributed by atoms with Crippen molar-refractivity contribution in [2.24, 2.45) is 0 Å². The summed E-state index contributed by atoms with van der Waals surface area (Å²) in [5, 5.41) is 0. The first-order valence-electron chi connectivity index (χ1n) is 9.38. The van der Waals surface area contributed by atoms with Crippen molar-refractivity contribution in [1.82, 2.24) is 14.8 Å². The van der Waals surface area contributed by atoms with Crippen LogP contribution in [0, 0.1) is 0 Å². The number of aromatic nitrogens is 1. The van der Waals surface area contributed by atoms with E-state index in [1.54, 1.807) is 0 Å². The molecule has 1 aromatic heterocycles. The second kappa shape index (κ2) is 8.60. The summed E-state index contributed by atoms with van der Waals surface area (Å²) >= 11 is 0. The van der Waals surface area contributed by atoms with E-state index in [-0.39, 0.29) is 24.8 Å². The predicted molar refractivity (Wildman–Crippen MR) is 92.1 cm³/mol. The molecule has 30 heavy (non-hydrogen) atoms. The summed E-state index contributed by atoms with van der Waals surface area (Å²) in [7, 11) is 0. The van der Waals surface area contributed by atoms with Crippen LogP contribution in [-0.2, 0) is 4.79 Å². The number of hydrogen-bond donors (Lipinski definition) is 0. The minimum absolute atomic E-state index is 0.130. The molecule has 2 aliphatic heterocycles. The molecule has 1 atom stereocenters. The highest BCUT2D eigenvalue weighted by molar-refractivity contribution is 5.77. The molecule has 3 heterocycles. The molecule has 0 aliphatic carbocycles. The lowest BCUT2D eigenvalue weighted by molar-refractivity contribution is -0.274. The van der Waals surface area contributed by atoms with Crippen LogP contribution in [0.4, 0.5) is 26.7 Å². The van der Waals surface area contributed by atoms with Gasteiger partial charge in [-0.15, -0.1) is 13.2 Å². The average molecular weight is 437 g/mol. The number of hydrogen-bond acceptors (Lipinski definition) is 5. The molecule has 0 unspecified atom stereocenters. The third-order valence-corrected chi connectivity index (χ3v) is 4.83. The number of likely N-dealkylation sites (tertiary alicyclic amines) is 2. The van der Waals surface area contributed by atoms with Crippen LogP contribution in [0.1, 0.15) is 32.1 Å². The van der Waals surface area contributed by atoms with Gasteiger partial charge in [0, 0.05) is 32.0 Å². The molecule has 2 amide bonds. The number of rotatable bonds is 3. The molecule has 2 fully saturated rings. The van der Waals surface area contributed by atoms with Crippen LogP contribution in [0.2, 0.25) is 0 Å². The van der Waals surface area contributed by atoms with Gasteiger partial charge in [0.2, 0.25) is 11.8 Å². The Morgan fingerprint density at radius 1 is 1.20 bits per heavy atom. The summed E-state index contributed by atoms with van der Waals surface area (Å²) in [6, 6.07) is 0.992. The Hall–Kier alpha value is -2.66. The number of pyridine rings is 1. The third-order valence-electron chi connectivity index (χ3n) is 4.83. The molecule has 3 rings (SSSR count). The Labute approximate surface area is 168 Å². The van der Waals surface area contributed by atoms with E-state index in [2.05, 4.69) is 9.72 Å². The van der Waals surface area contributed by atoms with Crippen LogP contribution in [0.25, 0.3) is 0 Å². The quantitative estimate of drug-likeness (QED) is 0.676. The lowest BCUT2D eigenvalue weighted by Gasteiger charge is -2.41. The molecule has 0 spiro atoms. The van der Waals surface area contributed by atoms with Crippen LogP contribution in [0.15, 0.2) is 18.3 Å². The lowest BCUT2D eigenvalue weighted by atomic mass is 10.0. The number of ether oxygens (including phenoxy) is 2. The first kappa shape index (κ1) is 22.0. The van der Waals surface area contributed by atoms with E-state index in [0.29, 0.717) is 25.6 Å². The molecule has 0 saturated carbocycles. The van der Waals surface area contributed by atoms with Gasteiger partial charge in [0.15, 0.2) is 0 Å². The second-order valence-corrected chi connectivity index (χ2v) is 7.24. The Balaban J connectivity index is 1.66. The van der Waals surface area contributed by atoms with Crippen molar-refractivity contribution in [3.63, 3.8) is 0 Å². The van der Waals surface area contributed by atoms with Crippen LogP contribution >= 0.6 is 0 Å². The topological polar surface area (TPSA) is 72.0 Å².